The number of nitrogens with zero attached hydrogens (tertiary/aromatic N) is 3. The summed E-state index contributed by atoms with van der Waals surface area (Å²) in [5.74, 6) is 0.625. The van der Waals surface area contributed by atoms with Crippen LogP contribution in [0.5, 0.6) is 0 Å². The molecule has 150 valence electrons. The van der Waals surface area contributed by atoms with E-state index in [-0.39, 0.29) is 17.6 Å². The minimum absolute atomic E-state index is 0.101. The summed E-state index contributed by atoms with van der Waals surface area (Å²) in [6.07, 6.45) is 0.788. The van der Waals surface area contributed by atoms with Gasteiger partial charge in [0.25, 0.3) is 0 Å². The number of aromatic nitrogens is 3. The van der Waals surface area contributed by atoms with E-state index in [0.717, 1.165) is 13.1 Å². The molecule has 4 rings (SSSR count). The highest BCUT2D eigenvalue weighted by molar-refractivity contribution is 5.76. The standard InChI is InChI=1S/C22H25N5O2/c28-20(12-11-19-23-22(29)25-24-19)26-13-15-27(16-14-26)21(17-7-3-1-4-8-17)18-9-5-2-6-10-18/h1-10,21H,11-16H2,(H2,23,24,25,29). The molecule has 3 aromatic rings. The van der Waals surface area contributed by atoms with Gasteiger partial charge in [-0.25, -0.2) is 9.89 Å². The summed E-state index contributed by atoms with van der Waals surface area (Å²) in [5, 5.41) is 6.19. The average molecular weight is 391 g/mol. The summed E-state index contributed by atoms with van der Waals surface area (Å²) in [5.41, 5.74) is 2.19. The molecule has 0 spiro atoms. The maximum absolute atomic E-state index is 12.6. The Morgan fingerprint density at radius 1 is 0.931 bits per heavy atom. The molecule has 2 aromatic carbocycles. The Bertz CT molecular complexity index is 935. The highest BCUT2D eigenvalue weighted by atomic mass is 16.2. The topological polar surface area (TPSA) is 85.1 Å². The van der Waals surface area contributed by atoms with Crippen LogP contribution in [0, 0.1) is 0 Å². The van der Waals surface area contributed by atoms with Gasteiger partial charge in [0.05, 0.1) is 6.04 Å². The number of carbonyl (C=O) groups excluding carboxylic acids is 1. The highest BCUT2D eigenvalue weighted by Gasteiger charge is 2.28. The van der Waals surface area contributed by atoms with E-state index in [1.54, 1.807) is 0 Å². The number of amides is 1. The maximum atomic E-state index is 12.6. The van der Waals surface area contributed by atoms with Crippen LogP contribution in [-0.4, -0.2) is 57.1 Å². The van der Waals surface area contributed by atoms with Gasteiger partial charge in [0.2, 0.25) is 5.91 Å². The predicted molar refractivity (Wildman–Crippen MR) is 110 cm³/mol. The molecular weight excluding hydrogens is 366 g/mol. The van der Waals surface area contributed by atoms with Gasteiger partial charge in [-0.05, 0) is 11.1 Å². The first-order chi connectivity index (χ1) is 14.2. The van der Waals surface area contributed by atoms with Crippen molar-refractivity contribution in [1.82, 2.24) is 25.0 Å². The number of hydrogen-bond donors (Lipinski definition) is 2. The molecule has 2 N–H and O–H groups in total. The SMILES string of the molecule is O=C(CCc1n[nH]c(=O)[nH]1)N1CCN(C(c2ccccc2)c2ccccc2)CC1. The van der Waals surface area contributed by atoms with Crippen molar-refractivity contribution < 1.29 is 4.79 Å². The van der Waals surface area contributed by atoms with Crippen molar-refractivity contribution in [3.63, 3.8) is 0 Å². The van der Waals surface area contributed by atoms with Gasteiger partial charge in [-0.3, -0.25) is 14.7 Å². The highest BCUT2D eigenvalue weighted by Crippen LogP contribution is 2.29. The first-order valence-corrected chi connectivity index (χ1v) is 9.96. The van der Waals surface area contributed by atoms with Gasteiger partial charge in [-0.2, -0.15) is 5.10 Å². The summed E-state index contributed by atoms with van der Waals surface area (Å²) in [6.45, 7) is 3.04. The molecule has 0 aliphatic carbocycles. The first-order valence-electron chi connectivity index (χ1n) is 9.96. The van der Waals surface area contributed by atoms with E-state index in [0.29, 0.717) is 31.8 Å². The van der Waals surface area contributed by atoms with Crippen molar-refractivity contribution in [3.05, 3.63) is 88.1 Å². The van der Waals surface area contributed by atoms with Gasteiger partial charge in [0, 0.05) is 39.0 Å². The lowest BCUT2D eigenvalue weighted by Crippen LogP contribution is -2.49. The molecular formula is C22H25N5O2. The molecule has 0 radical (unpaired) electrons. The van der Waals surface area contributed by atoms with E-state index in [9.17, 15) is 9.59 Å². The first kappa shape index (κ1) is 19.1. The molecule has 7 heteroatoms. The molecule has 1 saturated heterocycles. The van der Waals surface area contributed by atoms with Crippen molar-refractivity contribution in [3.8, 4) is 0 Å². The molecule has 0 atom stereocenters. The fourth-order valence-electron chi connectivity index (χ4n) is 3.92. The van der Waals surface area contributed by atoms with E-state index in [1.165, 1.54) is 11.1 Å². The molecule has 0 saturated carbocycles. The third-order valence-corrected chi connectivity index (χ3v) is 5.39. The molecule has 1 aliphatic rings. The molecule has 1 fully saturated rings. The summed E-state index contributed by atoms with van der Waals surface area (Å²) in [4.78, 5) is 30.6. The fraction of sp³-hybridized carbons (Fsp3) is 0.318. The van der Waals surface area contributed by atoms with E-state index in [1.807, 2.05) is 17.0 Å². The number of nitrogens with one attached hydrogen (secondary N) is 2. The van der Waals surface area contributed by atoms with Gasteiger partial charge in [0.1, 0.15) is 5.82 Å². The van der Waals surface area contributed by atoms with Crippen LogP contribution >= 0.6 is 0 Å². The average Bonchev–Trinajstić information content (AvgIpc) is 3.19. The zero-order valence-electron chi connectivity index (χ0n) is 16.3. The van der Waals surface area contributed by atoms with Crippen molar-refractivity contribution >= 4 is 5.91 Å². The molecule has 1 amide bonds. The third-order valence-electron chi connectivity index (χ3n) is 5.39. The van der Waals surface area contributed by atoms with Crippen LogP contribution in [0.15, 0.2) is 65.5 Å². The number of benzene rings is 2. The van der Waals surface area contributed by atoms with Crippen LogP contribution in [-0.2, 0) is 11.2 Å². The lowest BCUT2D eigenvalue weighted by molar-refractivity contribution is -0.133. The predicted octanol–water partition coefficient (Wildman–Crippen LogP) is 1.96. The summed E-state index contributed by atoms with van der Waals surface area (Å²) in [6, 6.07) is 21.2. The Hall–Kier alpha value is -3.19. The van der Waals surface area contributed by atoms with Crippen LogP contribution in [0.1, 0.15) is 29.4 Å². The van der Waals surface area contributed by atoms with Crippen molar-refractivity contribution in [2.75, 3.05) is 26.2 Å². The van der Waals surface area contributed by atoms with Crippen molar-refractivity contribution in [2.24, 2.45) is 0 Å². The van der Waals surface area contributed by atoms with Crippen LogP contribution in [0.25, 0.3) is 0 Å². The number of carbonyl (C=O) groups is 1. The quantitative estimate of drug-likeness (QED) is 0.673. The smallest absolute Gasteiger partial charge is 0.340 e. The van der Waals surface area contributed by atoms with Gasteiger partial charge in [0.15, 0.2) is 0 Å². The lowest BCUT2D eigenvalue weighted by atomic mass is 9.96. The van der Waals surface area contributed by atoms with Crippen LogP contribution < -0.4 is 5.69 Å². The minimum atomic E-state index is -0.339. The summed E-state index contributed by atoms with van der Waals surface area (Å²) >= 11 is 0. The van der Waals surface area contributed by atoms with Crippen LogP contribution in [0.2, 0.25) is 0 Å². The summed E-state index contributed by atoms with van der Waals surface area (Å²) < 4.78 is 0. The monoisotopic (exact) mass is 391 g/mol. The Labute approximate surface area is 169 Å². The van der Waals surface area contributed by atoms with E-state index in [2.05, 4.69) is 68.6 Å². The maximum Gasteiger partial charge on any atom is 0.340 e. The van der Waals surface area contributed by atoms with Crippen molar-refractivity contribution in [1.29, 1.82) is 0 Å². The second-order valence-corrected chi connectivity index (χ2v) is 7.27. The molecule has 0 unspecified atom stereocenters. The Kier molecular flexibility index (Phi) is 5.86. The molecule has 2 heterocycles. The van der Waals surface area contributed by atoms with E-state index >= 15 is 0 Å². The summed E-state index contributed by atoms with van der Waals surface area (Å²) in [7, 11) is 0. The number of H-pyrrole nitrogens is 2. The number of aromatic amines is 2. The molecule has 1 aromatic heterocycles. The molecule has 0 bridgehead atoms. The Balaban J connectivity index is 1.40. The third kappa shape index (κ3) is 4.63. The number of hydrogen-bond acceptors (Lipinski definition) is 4. The minimum Gasteiger partial charge on any atom is -0.340 e. The number of rotatable bonds is 6. The second kappa shape index (κ2) is 8.87. The number of piperazine rings is 1. The number of aryl methyl sites for hydroxylation is 1. The molecule has 7 nitrogen and oxygen atoms in total. The van der Waals surface area contributed by atoms with Gasteiger partial charge in [-0.15, -0.1) is 0 Å². The van der Waals surface area contributed by atoms with Crippen LogP contribution in [0.4, 0.5) is 0 Å². The van der Waals surface area contributed by atoms with Gasteiger partial charge >= 0.3 is 5.69 Å². The molecule has 1 aliphatic heterocycles. The normalized spacial score (nSPS) is 15.0. The van der Waals surface area contributed by atoms with Gasteiger partial charge in [-0.1, -0.05) is 60.7 Å². The fourth-order valence-corrected chi connectivity index (χ4v) is 3.92. The Morgan fingerprint density at radius 2 is 1.52 bits per heavy atom. The van der Waals surface area contributed by atoms with E-state index in [4.69, 9.17) is 0 Å². The zero-order valence-corrected chi connectivity index (χ0v) is 16.3. The van der Waals surface area contributed by atoms with E-state index < -0.39 is 0 Å². The molecule has 29 heavy (non-hydrogen) atoms. The van der Waals surface area contributed by atoms with Crippen molar-refractivity contribution in [2.45, 2.75) is 18.9 Å². The van der Waals surface area contributed by atoms with Crippen LogP contribution in [0.3, 0.4) is 0 Å². The lowest BCUT2D eigenvalue weighted by Gasteiger charge is -2.39. The second-order valence-electron chi connectivity index (χ2n) is 7.27. The van der Waals surface area contributed by atoms with Gasteiger partial charge < -0.3 is 4.90 Å². The zero-order chi connectivity index (χ0) is 20.1. The Morgan fingerprint density at radius 3 is 2.03 bits per heavy atom. The largest absolute Gasteiger partial charge is 0.340 e.